The Morgan fingerprint density at radius 1 is 1.00 bits per heavy atom. The van der Waals surface area contributed by atoms with E-state index in [1.165, 1.54) is 24.3 Å². The van der Waals surface area contributed by atoms with Gasteiger partial charge in [-0.1, -0.05) is 41.9 Å². The molecule has 34 heavy (non-hydrogen) atoms. The molecule has 0 radical (unpaired) electrons. The van der Waals surface area contributed by atoms with Gasteiger partial charge >= 0.3 is 6.18 Å². The molecule has 0 aliphatic rings. The quantitative estimate of drug-likeness (QED) is 0.314. The highest BCUT2D eigenvalue weighted by atomic mass is 35.5. The number of halogens is 4. The molecule has 3 aromatic carbocycles. The summed E-state index contributed by atoms with van der Waals surface area (Å²) >= 11 is 5.92. The number of H-pyrrole nitrogens is 1. The molecular formula is C24H15ClF3N5O. The normalized spacial score (nSPS) is 11.6. The Morgan fingerprint density at radius 3 is 2.56 bits per heavy atom. The van der Waals surface area contributed by atoms with Crippen LogP contribution in [0.15, 0.2) is 79.0 Å². The highest BCUT2D eigenvalue weighted by Crippen LogP contribution is 2.34. The van der Waals surface area contributed by atoms with Gasteiger partial charge in [0.1, 0.15) is 5.82 Å². The zero-order valence-electron chi connectivity index (χ0n) is 17.3. The van der Waals surface area contributed by atoms with Crippen molar-refractivity contribution in [2.75, 3.05) is 5.32 Å². The van der Waals surface area contributed by atoms with Crippen LogP contribution < -0.4 is 5.32 Å². The van der Waals surface area contributed by atoms with E-state index in [1.807, 2.05) is 24.3 Å². The number of nitrogens with one attached hydrogen (secondary N) is 2. The maximum absolute atomic E-state index is 13.9. The van der Waals surface area contributed by atoms with E-state index in [0.717, 1.165) is 17.2 Å². The van der Waals surface area contributed by atoms with Gasteiger partial charge in [-0.3, -0.25) is 4.79 Å². The summed E-state index contributed by atoms with van der Waals surface area (Å²) in [5, 5.41) is 6.58. The van der Waals surface area contributed by atoms with Gasteiger partial charge in [0.05, 0.1) is 28.5 Å². The van der Waals surface area contributed by atoms with Crippen molar-refractivity contribution in [3.8, 4) is 17.1 Å². The highest BCUT2D eigenvalue weighted by Gasteiger charge is 2.40. The first kappa shape index (κ1) is 21.7. The number of carbonyl (C=O) groups excluding carboxylic acids is 1. The molecule has 170 valence electrons. The van der Waals surface area contributed by atoms with Gasteiger partial charge in [0.2, 0.25) is 0 Å². The summed E-state index contributed by atoms with van der Waals surface area (Å²) in [4.78, 5) is 20.6. The molecule has 10 heteroatoms. The molecule has 2 aromatic heterocycles. The maximum atomic E-state index is 13.9. The van der Waals surface area contributed by atoms with Crippen molar-refractivity contribution in [1.29, 1.82) is 0 Å². The zero-order valence-corrected chi connectivity index (χ0v) is 18.0. The van der Waals surface area contributed by atoms with Crippen LogP contribution in [-0.2, 0) is 6.18 Å². The topological polar surface area (TPSA) is 75.6 Å². The molecule has 0 unspecified atom stereocenters. The summed E-state index contributed by atoms with van der Waals surface area (Å²) < 4.78 is 42.4. The van der Waals surface area contributed by atoms with Crippen LogP contribution >= 0.6 is 11.6 Å². The Labute approximate surface area is 196 Å². The van der Waals surface area contributed by atoms with Gasteiger partial charge in [0.25, 0.3) is 5.91 Å². The van der Waals surface area contributed by atoms with Crippen molar-refractivity contribution < 1.29 is 18.0 Å². The number of para-hydroxylation sites is 2. The minimum Gasteiger partial charge on any atom is -0.338 e. The van der Waals surface area contributed by atoms with Crippen molar-refractivity contribution in [2.45, 2.75) is 6.18 Å². The van der Waals surface area contributed by atoms with Crippen LogP contribution in [0.1, 0.15) is 16.1 Å². The van der Waals surface area contributed by atoms with E-state index < -0.39 is 23.3 Å². The molecule has 0 aliphatic carbocycles. The first-order chi connectivity index (χ1) is 16.3. The molecule has 5 aromatic rings. The molecule has 0 aliphatic heterocycles. The Kier molecular flexibility index (Phi) is 5.33. The summed E-state index contributed by atoms with van der Waals surface area (Å²) in [7, 11) is 0. The summed E-state index contributed by atoms with van der Waals surface area (Å²) in [6, 6.07) is 20.0. The number of carbonyl (C=O) groups is 1. The van der Waals surface area contributed by atoms with Crippen LogP contribution in [0.4, 0.5) is 18.9 Å². The third-order valence-corrected chi connectivity index (χ3v) is 5.35. The lowest BCUT2D eigenvalue weighted by molar-refractivity contribution is -0.143. The summed E-state index contributed by atoms with van der Waals surface area (Å²) in [6.45, 7) is 0. The van der Waals surface area contributed by atoms with Crippen molar-refractivity contribution in [3.05, 3.63) is 95.3 Å². The summed E-state index contributed by atoms with van der Waals surface area (Å²) in [6.07, 6.45) is -3.94. The molecule has 2 N–H and O–H groups in total. The third kappa shape index (κ3) is 4.13. The van der Waals surface area contributed by atoms with Gasteiger partial charge in [-0.15, -0.1) is 0 Å². The lowest BCUT2D eigenvalue weighted by atomic mass is 10.1. The molecule has 5 rings (SSSR count). The molecular weight excluding hydrogens is 467 g/mol. The summed E-state index contributed by atoms with van der Waals surface area (Å²) in [5.41, 5.74) is 0.879. The first-order valence-electron chi connectivity index (χ1n) is 10.1. The van der Waals surface area contributed by atoms with Crippen molar-refractivity contribution in [3.63, 3.8) is 0 Å². The molecule has 6 nitrogen and oxygen atoms in total. The predicted molar refractivity (Wildman–Crippen MR) is 123 cm³/mol. The molecule has 0 fully saturated rings. The van der Waals surface area contributed by atoms with Crippen LogP contribution in [0.2, 0.25) is 5.02 Å². The lowest BCUT2D eigenvalue weighted by Gasteiger charge is -2.13. The molecule has 0 atom stereocenters. The van der Waals surface area contributed by atoms with Gasteiger partial charge in [-0.25, -0.2) is 9.67 Å². The maximum Gasteiger partial charge on any atom is 0.434 e. The van der Waals surface area contributed by atoms with Crippen molar-refractivity contribution >= 4 is 34.2 Å². The minimum absolute atomic E-state index is 0.0887. The lowest BCUT2D eigenvalue weighted by Crippen LogP contribution is -2.20. The van der Waals surface area contributed by atoms with Gasteiger partial charge in [0, 0.05) is 16.3 Å². The van der Waals surface area contributed by atoms with Crippen molar-refractivity contribution in [2.24, 2.45) is 0 Å². The van der Waals surface area contributed by atoms with Crippen LogP contribution in [0.5, 0.6) is 0 Å². The SMILES string of the molecule is O=C(Nc1cccc(-c2nc3ccccc3[nH]2)c1)c1cnn(-c2cccc(Cl)c2)c1C(F)(F)F. The summed E-state index contributed by atoms with van der Waals surface area (Å²) in [5.74, 6) is -0.371. The Hall–Kier alpha value is -4.11. The molecule has 0 saturated carbocycles. The second-order valence-corrected chi connectivity index (χ2v) is 7.87. The Bertz CT molecular complexity index is 1490. The molecule has 0 saturated heterocycles. The number of amides is 1. The zero-order chi connectivity index (χ0) is 23.9. The minimum atomic E-state index is -4.83. The van der Waals surface area contributed by atoms with E-state index >= 15 is 0 Å². The second-order valence-electron chi connectivity index (χ2n) is 7.43. The van der Waals surface area contributed by atoms with Crippen LogP contribution in [-0.4, -0.2) is 25.7 Å². The molecule has 2 heterocycles. The highest BCUT2D eigenvalue weighted by molar-refractivity contribution is 6.30. The number of hydrogen-bond donors (Lipinski definition) is 2. The van der Waals surface area contributed by atoms with Crippen LogP contribution in [0.3, 0.4) is 0 Å². The smallest absolute Gasteiger partial charge is 0.338 e. The number of hydrogen-bond acceptors (Lipinski definition) is 3. The fraction of sp³-hybridized carbons (Fsp3) is 0.0417. The molecule has 0 spiro atoms. The van der Waals surface area contributed by atoms with Crippen LogP contribution in [0, 0.1) is 0 Å². The van der Waals surface area contributed by atoms with E-state index in [2.05, 4.69) is 20.4 Å². The van der Waals surface area contributed by atoms with Crippen LogP contribution in [0.25, 0.3) is 28.1 Å². The van der Waals surface area contributed by atoms with Gasteiger partial charge in [0.15, 0.2) is 5.69 Å². The fourth-order valence-electron chi connectivity index (χ4n) is 3.62. The van der Waals surface area contributed by atoms with E-state index in [0.29, 0.717) is 21.8 Å². The monoisotopic (exact) mass is 481 g/mol. The van der Waals surface area contributed by atoms with Gasteiger partial charge in [-0.2, -0.15) is 18.3 Å². The Morgan fingerprint density at radius 2 is 1.79 bits per heavy atom. The number of fused-ring (bicyclic) bond motifs is 1. The Balaban J connectivity index is 1.47. The average Bonchev–Trinajstić information content (AvgIpc) is 3.44. The number of benzene rings is 3. The number of aromatic nitrogens is 4. The van der Waals surface area contributed by atoms with Gasteiger partial charge in [-0.05, 0) is 42.5 Å². The number of imidazole rings is 1. The standard InChI is InChI=1S/C24H15ClF3N5O/c25-15-6-4-8-17(12-15)33-21(24(26,27)28)18(13-29-33)23(34)30-16-7-3-5-14(11-16)22-31-19-9-1-2-10-20(19)32-22/h1-13H,(H,30,34)(H,31,32). The third-order valence-electron chi connectivity index (χ3n) is 5.12. The molecule has 0 bridgehead atoms. The number of alkyl halides is 3. The average molecular weight is 482 g/mol. The number of rotatable bonds is 4. The second kappa shape index (κ2) is 8.35. The van der Waals surface area contributed by atoms with Crippen molar-refractivity contribution in [1.82, 2.24) is 19.7 Å². The fourth-order valence-corrected chi connectivity index (χ4v) is 3.81. The number of aromatic amines is 1. The van der Waals surface area contributed by atoms with E-state index in [4.69, 9.17) is 11.6 Å². The number of anilines is 1. The largest absolute Gasteiger partial charge is 0.434 e. The predicted octanol–water partition coefficient (Wildman–Crippen LogP) is 6.34. The van der Waals surface area contributed by atoms with E-state index in [1.54, 1.807) is 24.3 Å². The van der Waals surface area contributed by atoms with Gasteiger partial charge < -0.3 is 10.3 Å². The first-order valence-corrected chi connectivity index (χ1v) is 10.4. The number of nitrogens with zero attached hydrogens (tertiary/aromatic N) is 3. The van der Waals surface area contributed by atoms with E-state index in [9.17, 15) is 18.0 Å². The van der Waals surface area contributed by atoms with E-state index in [-0.39, 0.29) is 10.7 Å². The molecule has 1 amide bonds.